The normalized spacial score (nSPS) is 17.8. The van der Waals surface area contributed by atoms with Crippen LogP contribution in [0.4, 0.5) is 0 Å². The van der Waals surface area contributed by atoms with Gasteiger partial charge in [-0.15, -0.1) is 0 Å². The van der Waals surface area contributed by atoms with E-state index in [9.17, 15) is 4.79 Å². The lowest BCUT2D eigenvalue weighted by molar-refractivity contribution is 0.0946. The molecule has 0 N–H and O–H groups in total. The van der Waals surface area contributed by atoms with Gasteiger partial charge in [0.05, 0.1) is 13.2 Å². The van der Waals surface area contributed by atoms with Gasteiger partial charge in [0, 0.05) is 21.9 Å². The van der Waals surface area contributed by atoms with Crippen molar-refractivity contribution in [2.24, 2.45) is 5.41 Å². The monoisotopic (exact) mass is 377 g/mol. The SMILES string of the molecule is Cc1c(C(C)C)cc(C(=O)C([S+]2CCOCC2)C(C)(C)C)cc1C(C)C. The number of Topliss-reactive ketones (excluding diaryl/α,β-unsaturated/α-hetero) is 1. The van der Waals surface area contributed by atoms with Crippen LogP contribution < -0.4 is 0 Å². The summed E-state index contributed by atoms with van der Waals surface area (Å²) < 4.78 is 5.56. The van der Waals surface area contributed by atoms with Gasteiger partial charge < -0.3 is 4.74 Å². The van der Waals surface area contributed by atoms with Crippen molar-refractivity contribution in [3.8, 4) is 0 Å². The highest BCUT2D eigenvalue weighted by atomic mass is 32.2. The summed E-state index contributed by atoms with van der Waals surface area (Å²) in [7, 11) is 0.103. The Labute approximate surface area is 163 Å². The molecule has 0 aromatic heterocycles. The maximum Gasteiger partial charge on any atom is 0.215 e. The highest BCUT2D eigenvalue weighted by Gasteiger charge is 2.46. The van der Waals surface area contributed by atoms with Gasteiger partial charge in [-0.3, -0.25) is 4.79 Å². The Balaban J connectivity index is 2.51. The van der Waals surface area contributed by atoms with E-state index in [0.29, 0.717) is 17.6 Å². The van der Waals surface area contributed by atoms with E-state index in [1.165, 1.54) is 16.7 Å². The Hall–Kier alpha value is -0.800. The van der Waals surface area contributed by atoms with Crippen LogP contribution in [0.2, 0.25) is 0 Å². The van der Waals surface area contributed by atoms with E-state index in [1.54, 1.807) is 0 Å². The smallest absolute Gasteiger partial charge is 0.215 e. The second-order valence-electron chi connectivity index (χ2n) is 9.26. The van der Waals surface area contributed by atoms with E-state index in [1.807, 2.05) is 0 Å². The lowest BCUT2D eigenvalue weighted by atomic mass is 9.83. The number of hydrogen-bond donors (Lipinski definition) is 0. The van der Waals surface area contributed by atoms with E-state index < -0.39 is 0 Å². The minimum atomic E-state index is -0.0294. The molecule has 0 bridgehead atoms. The van der Waals surface area contributed by atoms with E-state index in [-0.39, 0.29) is 21.6 Å². The van der Waals surface area contributed by atoms with Crippen LogP contribution in [0.15, 0.2) is 12.1 Å². The predicted molar refractivity (Wildman–Crippen MR) is 115 cm³/mol. The standard InChI is InChI=1S/C23H37O2S/c1-15(2)19-13-18(14-20(16(3)4)17(19)5)21(24)22(23(6,7)8)26-11-9-25-10-12-26/h13-16,22H,9-12H2,1-8H3/q+1. The fourth-order valence-corrected chi connectivity index (χ4v) is 6.85. The highest BCUT2D eigenvalue weighted by Crippen LogP contribution is 2.34. The van der Waals surface area contributed by atoms with Crippen LogP contribution in [0.25, 0.3) is 0 Å². The molecule has 0 radical (unpaired) electrons. The minimum absolute atomic E-state index is 0.0294. The molecule has 0 amide bonds. The van der Waals surface area contributed by atoms with Gasteiger partial charge in [0.1, 0.15) is 11.5 Å². The summed E-state index contributed by atoms with van der Waals surface area (Å²) in [4.78, 5) is 13.7. The molecule has 1 atom stereocenters. The summed E-state index contributed by atoms with van der Waals surface area (Å²) in [5, 5.41) is 0.0779. The van der Waals surface area contributed by atoms with Crippen LogP contribution in [-0.2, 0) is 15.6 Å². The third-order valence-corrected chi connectivity index (χ3v) is 8.32. The van der Waals surface area contributed by atoms with Crippen LogP contribution in [0.3, 0.4) is 0 Å². The number of benzene rings is 1. The molecule has 3 heteroatoms. The Morgan fingerprint density at radius 2 is 1.46 bits per heavy atom. The first kappa shape index (κ1) is 21.5. The highest BCUT2D eigenvalue weighted by molar-refractivity contribution is 7.98. The predicted octanol–water partition coefficient (Wildman–Crippen LogP) is 5.49. The zero-order chi connectivity index (χ0) is 19.6. The summed E-state index contributed by atoms with van der Waals surface area (Å²) >= 11 is 0. The van der Waals surface area contributed by atoms with Crippen LogP contribution >= 0.6 is 0 Å². The van der Waals surface area contributed by atoms with E-state index in [0.717, 1.165) is 30.3 Å². The van der Waals surface area contributed by atoms with Crippen molar-refractivity contribution in [3.63, 3.8) is 0 Å². The third-order valence-electron chi connectivity index (χ3n) is 5.35. The van der Waals surface area contributed by atoms with Gasteiger partial charge in [-0.05, 0) is 47.6 Å². The van der Waals surface area contributed by atoms with Gasteiger partial charge in [0.15, 0.2) is 5.25 Å². The maximum absolute atomic E-state index is 13.7. The number of hydrogen-bond acceptors (Lipinski definition) is 2. The second-order valence-corrected chi connectivity index (χ2v) is 11.6. The Kier molecular flexibility index (Phi) is 7.01. The fraction of sp³-hybridized carbons (Fsp3) is 0.696. The average molecular weight is 378 g/mol. The second kappa shape index (κ2) is 8.48. The zero-order valence-electron chi connectivity index (χ0n) is 17.9. The van der Waals surface area contributed by atoms with Gasteiger partial charge in [-0.2, -0.15) is 0 Å². The molecule has 2 nitrogen and oxygen atoms in total. The molecule has 0 aliphatic carbocycles. The van der Waals surface area contributed by atoms with Crippen molar-refractivity contribution in [3.05, 3.63) is 34.4 Å². The zero-order valence-corrected chi connectivity index (χ0v) is 18.8. The molecule has 1 saturated heterocycles. The first-order valence-electron chi connectivity index (χ1n) is 9.96. The molecule has 0 saturated carbocycles. The average Bonchev–Trinajstić information content (AvgIpc) is 2.54. The summed E-state index contributed by atoms with van der Waals surface area (Å²) in [6.45, 7) is 19.4. The first-order chi connectivity index (χ1) is 12.0. The molecule has 1 aromatic rings. The molecule has 1 aromatic carbocycles. The van der Waals surface area contributed by atoms with Gasteiger partial charge in [0.25, 0.3) is 0 Å². The molecule has 1 unspecified atom stereocenters. The maximum atomic E-state index is 13.7. The van der Waals surface area contributed by atoms with Crippen LogP contribution in [0.5, 0.6) is 0 Å². The molecule has 0 spiro atoms. The van der Waals surface area contributed by atoms with Crippen molar-refractivity contribution >= 4 is 16.7 Å². The molecule has 1 fully saturated rings. The Morgan fingerprint density at radius 3 is 1.85 bits per heavy atom. The number of ketones is 1. The van der Waals surface area contributed by atoms with E-state index in [2.05, 4.69) is 67.5 Å². The molecular weight excluding hydrogens is 340 g/mol. The lowest BCUT2D eigenvalue weighted by Crippen LogP contribution is -2.47. The Bertz CT molecular complexity index is 605. The van der Waals surface area contributed by atoms with Crippen LogP contribution in [0.1, 0.15) is 87.4 Å². The number of ether oxygens (including phenoxy) is 1. The van der Waals surface area contributed by atoms with Crippen molar-refractivity contribution in [1.82, 2.24) is 0 Å². The van der Waals surface area contributed by atoms with Crippen molar-refractivity contribution in [1.29, 1.82) is 0 Å². The molecule has 1 aliphatic rings. The molecule has 2 rings (SSSR count). The number of rotatable bonds is 5. The summed E-state index contributed by atoms with van der Waals surface area (Å²) in [5.41, 5.74) is 4.89. The quantitative estimate of drug-likeness (QED) is 0.501. The van der Waals surface area contributed by atoms with E-state index >= 15 is 0 Å². The summed E-state index contributed by atoms with van der Waals surface area (Å²) in [6, 6.07) is 4.35. The molecule has 26 heavy (non-hydrogen) atoms. The summed E-state index contributed by atoms with van der Waals surface area (Å²) in [6.07, 6.45) is 0. The van der Waals surface area contributed by atoms with Crippen molar-refractivity contribution in [2.45, 2.75) is 72.5 Å². The minimum Gasteiger partial charge on any atom is -0.372 e. The fourth-order valence-electron chi connectivity index (χ4n) is 4.07. The van der Waals surface area contributed by atoms with E-state index in [4.69, 9.17) is 4.74 Å². The molecule has 1 aliphatic heterocycles. The number of carbonyl (C=O) groups is 1. The first-order valence-corrected chi connectivity index (χ1v) is 11.6. The molecule has 146 valence electrons. The van der Waals surface area contributed by atoms with Crippen LogP contribution in [0, 0.1) is 12.3 Å². The number of carbonyl (C=O) groups excluding carboxylic acids is 1. The van der Waals surface area contributed by atoms with Gasteiger partial charge in [-0.25, -0.2) is 0 Å². The van der Waals surface area contributed by atoms with Crippen molar-refractivity contribution < 1.29 is 9.53 Å². The van der Waals surface area contributed by atoms with Crippen LogP contribution in [-0.4, -0.2) is 35.8 Å². The molecule has 1 heterocycles. The van der Waals surface area contributed by atoms with Gasteiger partial charge in [-0.1, -0.05) is 48.5 Å². The topological polar surface area (TPSA) is 26.3 Å². The third kappa shape index (κ3) is 4.72. The van der Waals surface area contributed by atoms with Gasteiger partial charge in [0.2, 0.25) is 5.78 Å². The lowest BCUT2D eigenvalue weighted by Gasteiger charge is -2.31. The largest absolute Gasteiger partial charge is 0.372 e. The summed E-state index contributed by atoms with van der Waals surface area (Å²) in [5.74, 6) is 3.24. The molecular formula is C23H37O2S+. The van der Waals surface area contributed by atoms with Gasteiger partial charge >= 0.3 is 0 Å². The van der Waals surface area contributed by atoms with Crippen molar-refractivity contribution in [2.75, 3.05) is 24.7 Å². The Morgan fingerprint density at radius 1 is 1.00 bits per heavy atom.